The number of rotatable bonds is 5. The van der Waals surface area contributed by atoms with Crippen molar-refractivity contribution in [3.8, 4) is 0 Å². The number of benzene rings is 1. The van der Waals surface area contributed by atoms with Crippen LogP contribution in [0.15, 0.2) is 24.3 Å². The second kappa shape index (κ2) is 5.95. The predicted octanol–water partition coefficient (Wildman–Crippen LogP) is 3.78. The van der Waals surface area contributed by atoms with Crippen LogP contribution in [0.2, 0.25) is 0 Å². The van der Waals surface area contributed by atoms with Crippen LogP contribution in [-0.2, 0) is 13.1 Å². The second-order valence-electron chi connectivity index (χ2n) is 4.91. The molecule has 1 N–H and O–H groups in total. The molecule has 0 atom stereocenters. The van der Waals surface area contributed by atoms with E-state index in [-0.39, 0.29) is 5.69 Å². The number of anilines is 1. The Morgan fingerprint density at radius 3 is 2.62 bits per heavy atom. The summed E-state index contributed by atoms with van der Waals surface area (Å²) in [4.78, 5) is 10.4. The summed E-state index contributed by atoms with van der Waals surface area (Å²) in [6, 6.07) is 5.59. The van der Waals surface area contributed by atoms with E-state index in [0.29, 0.717) is 12.2 Å². The Balaban J connectivity index is 2.23. The van der Waals surface area contributed by atoms with Gasteiger partial charge in [0.05, 0.1) is 11.0 Å². The van der Waals surface area contributed by atoms with Crippen LogP contribution in [0.1, 0.15) is 23.9 Å². The molecule has 0 saturated heterocycles. The molecule has 0 bridgehead atoms. The molecule has 112 valence electrons. The van der Waals surface area contributed by atoms with E-state index < -0.39 is 10.7 Å². The number of nitrogens with one attached hydrogen (secondary N) is 1. The minimum Gasteiger partial charge on any atom is -0.375 e. The number of halogens is 1. The lowest BCUT2D eigenvalue weighted by Crippen LogP contribution is -2.05. The van der Waals surface area contributed by atoms with Crippen molar-refractivity contribution < 1.29 is 9.31 Å². The maximum Gasteiger partial charge on any atom is 0.295 e. The van der Waals surface area contributed by atoms with Crippen molar-refractivity contribution in [3.05, 3.63) is 57.1 Å². The molecule has 0 unspecified atom stereocenters. The fraction of sp³-hybridized carbons (Fsp3) is 0.333. The lowest BCUT2D eigenvalue weighted by atomic mass is 10.2. The van der Waals surface area contributed by atoms with E-state index in [1.54, 1.807) is 0 Å². The summed E-state index contributed by atoms with van der Waals surface area (Å²) in [6.45, 7) is 7.47. The highest BCUT2D eigenvalue weighted by molar-refractivity contribution is 5.61. The van der Waals surface area contributed by atoms with Crippen molar-refractivity contribution in [3.63, 3.8) is 0 Å². The van der Waals surface area contributed by atoms with E-state index in [4.69, 9.17) is 0 Å². The average molecular weight is 291 g/mol. The first-order valence-corrected chi connectivity index (χ1v) is 6.77. The van der Waals surface area contributed by atoms with Crippen LogP contribution in [0, 0.1) is 29.8 Å². The van der Waals surface area contributed by atoms with Gasteiger partial charge in [-0.1, -0.05) is 0 Å². The Morgan fingerprint density at radius 2 is 2.05 bits per heavy atom. The number of hydrogen-bond acceptors (Lipinski definition) is 3. The van der Waals surface area contributed by atoms with Crippen molar-refractivity contribution in [2.75, 3.05) is 5.32 Å². The van der Waals surface area contributed by atoms with Crippen LogP contribution < -0.4 is 5.32 Å². The number of nitrogens with zero attached hydrogens (tertiary/aromatic N) is 2. The van der Waals surface area contributed by atoms with Gasteiger partial charge in [0.15, 0.2) is 0 Å². The Bertz CT molecular complexity index is 680. The van der Waals surface area contributed by atoms with Gasteiger partial charge in [-0.3, -0.25) is 10.1 Å². The molecule has 0 aliphatic heterocycles. The number of aromatic nitrogens is 1. The molecular weight excluding hydrogens is 273 g/mol. The monoisotopic (exact) mass is 291 g/mol. The number of hydrogen-bond donors (Lipinski definition) is 1. The molecule has 0 aliphatic rings. The molecule has 1 aromatic heterocycles. The van der Waals surface area contributed by atoms with Crippen LogP contribution in [0.25, 0.3) is 0 Å². The van der Waals surface area contributed by atoms with Gasteiger partial charge < -0.3 is 9.88 Å². The van der Waals surface area contributed by atoms with E-state index in [1.807, 2.05) is 13.8 Å². The Labute approximate surface area is 122 Å². The van der Waals surface area contributed by atoms with Gasteiger partial charge in [0.1, 0.15) is 11.5 Å². The van der Waals surface area contributed by atoms with Gasteiger partial charge in [-0.15, -0.1) is 0 Å². The van der Waals surface area contributed by atoms with Crippen LogP contribution >= 0.6 is 0 Å². The molecule has 0 aliphatic carbocycles. The molecule has 6 heteroatoms. The van der Waals surface area contributed by atoms with Crippen LogP contribution in [0.4, 0.5) is 15.8 Å². The minimum absolute atomic E-state index is 0.251. The summed E-state index contributed by atoms with van der Waals surface area (Å²) in [5.74, 6) is -0.614. The lowest BCUT2D eigenvalue weighted by molar-refractivity contribution is -0.384. The molecule has 0 fully saturated rings. The maximum absolute atomic E-state index is 13.1. The number of aryl methyl sites for hydroxylation is 1. The molecule has 5 nitrogen and oxygen atoms in total. The largest absolute Gasteiger partial charge is 0.375 e. The molecule has 0 amide bonds. The second-order valence-corrected chi connectivity index (χ2v) is 4.91. The summed E-state index contributed by atoms with van der Waals surface area (Å²) in [5.41, 5.74) is 3.43. The van der Waals surface area contributed by atoms with Gasteiger partial charge in [-0.25, -0.2) is 4.39 Å². The number of nitro benzene ring substituents is 1. The van der Waals surface area contributed by atoms with Gasteiger partial charge in [0.25, 0.3) is 5.69 Å². The summed E-state index contributed by atoms with van der Waals surface area (Å²) in [7, 11) is 0. The van der Waals surface area contributed by atoms with E-state index in [1.165, 1.54) is 12.1 Å². The van der Waals surface area contributed by atoms with Crippen molar-refractivity contribution in [2.24, 2.45) is 0 Å². The van der Waals surface area contributed by atoms with Crippen molar-refractivity contribution in [2.45, 2.75) is 33.9 Å². The van der Waals surface area contributed by atoms with Crippen molar-refractivity contribution in [1.82, 2.24) is 4.57 Å². The molecule has 2 rings (SSSR count). The molecule has 21 heavy (non-hydrogen) atoms. The van der Waals surface area contributed by atoms with Crippen molar-refractivity contribution in [1.29, 1.82) is 0 Å². The SMILES string of the molecule is CCn1c(C)cc(CNc2ccc(F)cc2[N+](=O)[O-])c1C. The molecule has 0 saturated carbocycles. The molecule has 2 aromatic rings. The zero-order chi connectivity index (χ0) is 15.6. The summed E-state index contributed by atoms with van der Waals surface area (Å²) in [6.07, 6.45) is 0. The average Bonchev–Trinajstić information content (AvgIpc) is 2.71. The Morgan fingerprint density at radius 1 is 1.33 bits per heavy atom. The molecule has 1 heterocycles. The smallest absolute Gasteiger partial charge is 0.295 e. The molecular formula is C15H18FN3O2. The van der Waals surface area contributed by atoms with Gasteiger partial charge in [0.2, 0.25) is 0 Å². The molecule has 1 aromatic carbocycles. The van der Waals surface area contributed by atoms with Crippen LogP contribution in [-0.4, -0.2) is 9.49 Å². The summed E-state index contributed by atoms with van der Waals surface area (Å²) >= 11 is 0. The zero-order valence-electron chi connectivity index (χ0n) is 12.3. The van der Waals surface area contributed by atoms with Crippen molar-refractivity contribution >= 4 is 11.4 Å². The van der Waals surface area contributed by atoms with E-state index in [0.717, 1.165) is 29.6 Å². The molecule has 0 spiro atoms. The van der Waals surface area contributed by atoms with Gasteiger partial charge in [-0.2, -0.15) is 0 Å². The zero-order valence-corrected chi connectivity index (χ0v) is 12.3. The summed E-state index contributed by atoms with van der Waals surface area (Å²) < 4.78 is 15.3. The summed E-state index contributed by atoms with van der Waals surface area (Å²) in [5, 5.41) is 14.0. The first kappa shape index (κ1) is 15.0. The van der Waals surface area contributed by atoms with Gasteiger partial charge >= 0.3 is 0 Å². The maximum atomic E-state index is 13.1. The standard InChI is InChI=1S/C15H18FN3O2/c1-4-18-10(2)7-12(11(18)3)9-17-14-6-5-13(16)8-15(14)19(20)21/h5-8,17H,4,9H2,1-3H3. The molecule has 0 radical (unpaired) electrons. The lowest BCUT2D eigenvalue weighted by Gasteiger charge is -2.08. The van der Waals surface area contributed by atoms with E-state index in [9.17, 15) is 14.5 Å². The highest BCUT2D eigenvalue weighted by Crippen LogP contribution is 2.26. The first-order chi connectivity index (χ1) is 9.93. The number of nitro groups is 1. The Hall–Kier alpha value is -2.37. The first-order valence-electron chi connectivity index (χ1n) is 6.77. The highest BCUT2D eigenvalue weighted by atomic mass is 19.1. The highest BCUT2D eigenvalue weighted by Gasteiger charge is 2.15. The third kappa shape index (κ3) is 3.04. The topological polar surface area (TPSA) is 60.1 Å². The fourth-order valence-corrected chi connectivity index (χ4v) is 2.53. The Kier molecular flexibility index (Phi) is 4.26. The van der Waals surface area contributed by atoms with Gasteiger partial charge in [-0.05, 0) is 44.5 Å². The predicted molar refractivity (Wildman–Crippen MR) is 80.0 cm³/mol. The quantitative estimate of drug-likeness (QED) is 0.673. The van der Waals surface area contributed by atoms with Crippen LogP contribution in [0.5, 0.6) is 0 Å². The van der Waals surface area contributed by atoms with Gasteiger partial charge in [0, 0.05) is 24.5 Å². The van der Waals surface area contributed by atoms with Crippen LogP contribution in [0.3, 0.4) is 0 Å². The van der Waals surface area contributed by atoms with E-state index >= 15 is 0 Å². The third-order valence-electron chi connectivity index (χ3n) is 3.62. The third-order valence-corrected chi connectivity index (χ3v) is 3.62. The normalized spacial score (nSPS) is 10.7. The van der Waals surface area contributed by atoms with E-state index in [2.05, 4.69) is 22.9 Å². The fourth-order valence-electron chi connectivity index (χ4n) is 2.53. The minimum atomic E-state index is -0.614.